The smallest absolute Gasteiger partial charge is 0.241 e. The average molecular weight is 333 g/mol. The van der Waals surface area contributed by atoms with E-state index in [1.54, 1.807) is 11.8 Å². The van der Waals surface area contributed by atoms with Crippen molar-refractivity contribution in [2.24, 2.45) is 5.73 Å². The Morgan fingerprint density at radius 1 is 1.33 bits per heavy atom. The van der Waals surface area contributed by atoms with Gasteiger partial charge in [0.1, 0.15) is 11.4 Å². The fourth-order valence-electron chi connectivity index (χ4n) is 1.57. The van der Waals surface area contributed by atoms with E-state index in [1.807, 2.05) is 51.3 Å². The Morgan fingerprint density at radius 3 is 2.38 bits per heavy atom. The fourth-order valence-corrected chi connectivity index (χ4v) is 2.06. The Kier molecular flexibility index (Phi) is 8.78. The van der Waals surface area contributed by atoms with Crippen LogP contribution in [0.2, 0.25) is 0 Å². The van der Waals surface area contributed by atoms with E-state index in [1.165, 1.54) is 0 Å². The standard InChI is InChI=1S/C15H24N2O2S.ClH/c1-15(2,3)19-12-7-5-11(6-8-12)17-14(18)13(16)9-10-20-4;/h5-8,13H,9-10,16H2,1-4H3,(H,17,18);1H/t13-;/m0./s1. The summed E-state index contributed by atoms with van der Waals surface area (Å²) in [7, 11) is 0. The summed E-state index contributed by atoms with van der Waals surface area (Å²) in [6, 6.07) is 6.86. The molecule has 0 saturated carbocycles. The van der Waals surface area contributed by atoms with E-state index in [-0.39, 0.29) is 23.9 Å². The van der Waals surface area contributed by atoms with Gasteiger partial charge in [0.2, 0.25) is 5.91 Å². The van der Waals surface area contributed by atoms with Crippen molar-refractivity contribution in [1.82, 2.24) is 0 Å². The van der Waals surface area contributed by atoms with Gasteiger partial charge in [-0.3, -0.25) is 4.79 Å². The van der Waals surface area contributed by atoms with Gasteiger partial charge in [-0.15, -0.1) is 12.4 Å². The van der Waals surface area contributed by atoms with Gasteiger partial charge in [-0.2, -0.15) is 11.8 Å². The molecule has 6 heteroatoms. The highest BCUT2D eigenvalue weighted by Crippen LogP contribution is 2.20. The Balaban J connectivity index is 0.00000400. The molecule has 21 heavy (non-hydrogen) atoms. The van der Waals surface area contributed by atoms with Crippen LogP contribution in [0.5, 0.6) is 5.75 Å². The number of rotatable bonds is 6. The van der Waals surface area contributed by atoms with Crippen molar-refractivity contribution in [3.63, 3.8) is 0 Å². The van der Waals surface area contributed by atoms with Gasteiger partial charge in [-0.25, -0.2) is 0 Å². The number of thioether (sulfide) groups is 1. The fraction of sp³-hybridized carbons (Fsp3) is 0.533. The number of carbonyl (C=O) groups excluding carboxylic acids is 1. The summed E-state index contributed by atoms with van der Waals surface area (Å²) in [5.74, 6) is 1.51. The predicted octanol–water partition coefficient (Wildman–Crippen LogP) is 3.30. The number of benzene rings is 1. The zero-order valence-corrected chi connectivity index (χ0v) is 14.6. The summed E-state index contributed by atoms with van der Waals surface area (Å²) in [5.41, 5.74) is 6.32. The minimum Gasteiger partial charge on any atom is -0.488 e. The molecular weight excluding hydrogens is 308 g/mol. The zero-order chi connectivity index (χ0) is 15.2. The summed E-state index contributed by atoms with van der Waals surface area (Å²) in [6.07, 6.45) is 2.68. The molecule has 1 atom stereocenters. The molecule has 1 aromatic carbocycles. The van der Waals surface area contributed by atoms with E-state index in [0.717, 1.165) is 17.2 Å². The van der Waals surface area contributed by atoms with Gasteiger partial charge in [-0.1, -0.05) is 0 Å². The number of ether oxygens (including phenoxy) is 1. The molecule has 0 aliphatic rings. The van der Waals surface area contributed by atoms with E-state index in [4.69, 9.17) is 10.5 Å². The molecule has 0 heterocycles. The van der Waals surface area contributed by atoms with Crippen molar-refractivity contribution in [2.45, 2.75) is 38.8 Å². The first-order chi connectivity index (χ1) is 9.31. The van der Waals surface area contributed by atoms with Crippen molar-refractivity contribution in [2.75, 3.05) is 17.3 Å². The van der Waals surface area contributed by atoms with Crippen LogP contribution in [0.15, 0.2) is 24.3 Å². The van der Waals surface area contributed by atoms with Crippen LogP contribution in [0.4, 0.5) is 5.69 Å². The van der Waals surface area contributed by atoms with Gasteiger partial charge < -0.3 is 15.8 Å². The quantitative estimate of drug-likeness (QED) is 0.839. The van der Waals surface area contributed by atoms with E-state index in [9.17, 15) is 4.79 Å². The van der Waals surface area contributed by atoms with Crippen molar-refractivity contribution in [1.29, 1.82) is 0 Å². The zero-order valence-electron chi connectivity index (χ0n) is 13.0. The number of carbonyl (C=O) groups is 1. The van der Waals surface area contributed by atoms with Crippen molar-refractivity contribution in [3.05, 3.63) is 24.3 Å². The third-order valence-corrected chi connectivity index (χ3v) is 3.16. The SMILES string of the molecule is CSCC[C@H](N)C(=O)Nc1ccc(OC(C)(C)C)cc1.Cl. The Morgan fingerprint density at radius 2 is 1.90 bits per heavy atom. The van der Waals surface area contributed by atoms with Gasteiger partial charge in [0, 0.05) is 5.69 Å². The lowest BCUT2D eigenvalue weighted by molar-refractivity contribution is -0.117. The minimum atomic E-state index is -0.465. The predicted molar refractivity (Wildman–Crippen MR) is 93.7 cm³/mol. The lowest BCUT2D eigenvalue weighted by Gasteiger charge is -2.21. The highest BCUT2D eigenvalue weighted by atomic mass is 35.5. The molecule has 1 rings (SSSR count). The maximum absolute atomic E-state index is 11.9. The third-order valence-electron chi connectivity index (χ3n) is 2.52. The molecular formula is C15H25ClN2O2S. The second-order valence-electron chi connectivity index (χ2n) is 5.62. The summed E-state index contributed by atoms with van der Waals surface area (Å²) in [4.78, 5) is 11.9. The third kappa shape index (κ3) is 8.19. The number of nitrogens with two attached hydrogens (primary N) is 1. The first-order valence-corrected chi connectivity index (χ1v) is 8.05. The number of anilines is 1. The number of hydrogen-bond donors (Lipinski definition) is 2. The molecule has 0 radical (unpaired) electrons. The Labute approximate surface area is 137 Å². The molecule has 0 bridgehead atoms. The van der Waals surface area contributed by atoms with E-state index < -0.39 is 6.04 Å². The normalized spacial score (nSPS) is 12.2. The van der Waals surface area contributed by atoms with Crippen molar-refractivity contribution < 1.29 is 9.53 Å². The van der Waals surface area contributed by atoms with Gasteiger partial charge in [0.15, 0.2) is 0 Å². The van der Waals surface area contributed by atoms with Crippen LogP contribution in [0.25, 0.3) is 0 Å². The van der Waals surface area contributed by atoms with Gasteiger partial charge in [0.05, 0.1) is 6.04 Å². The number of nitrogens with one attached hydrogen (secondary N) is 1. The number of amides is 1. The van der Waals surface area contributed by atoms with Crippen molar-refractivity contribution >= 4 is 35.8 Å². The molecule has 0 aliphatic heterocycles. The Bertz CT molecular complexity index is 432. The molecule has 1 amide bonds. The molecule has 120 valence electrons. The van der Waals surface area contributed by atoms with E-state index in [0.29, 0.717) is 6.42 Å². The molecule has 3 N–H and O–H groups in total. The van der Waals surface area contributed by atoms with Crippen LogP contribution in [0.1, 0.15) is 27.2 Å². The van der Waals surface area contributed by atoms with Crippen LogP contribution in [0.3, 0.4) is 0 Å². The summed E-state index contributed by atoms with van der Waals surface area (Å²) >= 11 is 1.68. The monoisotopic (exact) mass is 332 g/mol. The molecule has 0 aromatic heterocycles. The second kappa shape index (κ2) is 9.18. The minimum absolute atomic E-state index is 0. The van der Waals surface area contributed by atoms with E-state index in [2.05, 4.69) is 5.32 Å². The molecule has 0 unspecified atom stereocenters. The average Bonchev–Trinajstić information content (AvgIpc) is 2.36. The maximum Gasteiger partial charge on any atom is 0.241 e. The molecule has 1 aromatic rings. The number of hydrogen-bond acceptors (Lipinski definition) is 4. The highest BCUT2D eigenvalue weighted by Gasteiger charge is 2.14. The summed E-state index contributed by atoms with van der Waals surface area (Å²) < 4.78 is 5.72. The molecule has 0 saturated heterocycles. The largest absolute Gasteiger partial charge is 0.488 e. The van der Waals surface area contributed by atoms with Crippen LogP contribution in [-0.2, 0) is 4.79 Å². The molecule has 0 spiro atoms. The second-order valence-corrected chi connectivity index (χ2v) is 6.60. The topological polar surface area (TPSA) is 64.4 Å². The van der Waals surface area contributed by atoms with Gasteiger partial charge >= 0.3 is 0 Å². The van der Waals surface area contributed by atoms with Gasteiger partial charge in [-0.05, 0) is 63.5 Å². The maximum atomic E-state index is 11.9. The van der Waals surface area contributed by atoms with E-state index >= 15 is 0 Å². The van der Waals surface area contributed by atoms with Crippen LogP contribution < -0.4 is 15.8 Å². The summed E-state index contributed by atoms with van der Waals surface area (Å²) in [5, 5.41) is 2.81. The van der Waals surface area contributed by atoms with Crippen LogP contribution in [-0.4, -0.2) is 29.6 Å². The molecule has 0 fully saturated rings. The first kappa shape index (κ1) is 20.1. The molecule has 0 aliphatic carbocycles. The Hall–Kier alpha value is -0.910. The van der Waals surface area contributed by atoms with Crippen LogP contribution >= 0.6 is 24.2 Å². The van der Waals surface area contributed by atoms with Crippen LogP contribution in [0, 0.1) is 0 Å². The molecule has 4 nitrogen and oxygen atoms in total. The van der Waals surface area contributed by atoms with Crippen molar-refractivity contribution in [3.8, 4) is 5.75 Å². The first-order valence-electron chi connectivity index (χ1n) is 6.66. The highest BCUT2D eigenvalue weighted by molar-refractivity contribution is 7.98. The summed E-state index contributed by atoms with van der Waals surface area (Å²) in [6.45, 7) is 5.98. The lowest BCUT2D eigenvalue weighted by Crippen LogP contribution is -2.36. The number of halogens is 1. The lowest BCUT2D eigenvalue weighted by atomic mass is 10.2. The van der Waals surface area contributed by atoms with Gasteiger partial charge in [0.25, 0.3) is 0 Å².